The molecule has 0 spiro atoms. The fourth-order valence-electron chi connectivity index (χ4n) is 1.39. The average Bonchev–Trinajstić information content (AvgIpc) is 2.70. The Hall–Kier alpha value is -1.57. The lowest BCUT2D eigenvalue weighted by atomic mass is 10.1. The topological polar surface area (TPSA) is 26.0 Å². The van der Waals surface area contributed by atoms with Crippen molar-refractivity contribution < 1.29 is 4.42 Å². The van der Waals surface area contributed by atoms with Crippen molar-refractivity contribution in [3.63, 3.8) is 0 Å². The van der Waals surface area contributed by atoms with E-state index in [1.807, 2.05) is 18.2 Å². The highest BCUT2D eigenvalue weighted by Crippen LogP contribution is 2.21. The molecule has 13 heavy (non-hydrogen) atoms. The molecule has 2 heteroatoms. The van der Waals surface area contributed by atoms with Gasteiger partial charge in [0, 0.05) is 5.56 Å². The molecule has 2 nitrogen and oxygen atoms in total. The normalized spacial score (nSPS) is 10.2. The predicted molar refractivity (Wildman–Crippen MR) is 51.3 cm³/mol. The van der Waals surface area contributed by atoms with Gasteiger partial charge in [-0.05, 0) is 18.1 Å². The van der Waals surface area contributed by atoms with Gasteiger partial charge in [0.1, 0.15) is 6.26 Å². The van der Waals surface area contributed by atoms with Gasteiger partial charge in [-0.2, -0.15) is 0 Å². The van der Waals surface area contributed by atoms with Gasteiger partial charge in [-0.3, -0.25) is 0 Å². The lowest BCUT2D eigenvalue weighted by molar-refractivity contribution is 0.574. The van der Waals surface area contributed by atoms with Crippen LogP contribution < -0.4 is 0 Å². The summed E-state index contributed by atoms with van der Waals surface area (Å²) in [5.74, 6) is 0.706. The molecule has 0 saturated heterocycles. The highest BCUT2D eigenvalue weighted by atomic mass is 16.3. The van der Waals surface area contributed by atoms with Gasteiger partial charge >= 0.3 is 0 Å². The van der Waals surface area contributed by atoms with Crippen molar-refractivity contribution in [2.75, 3.05) is 0 Å². The quantitative estimate of drug-likeness (QED) is 0.697. The van der Waals surface area contributed by atoms with E-state index in [0.29, 0.717) is 5.89 Å². The van der Waals surface area contributed by atoms with Gasteiger partial charge in [0.15, 0.2) is 0 Å². The molecular weight excluding hydrogens is 162 g/mol. The summed E-state index contributed by atoms with van der Waals surface area (Å²) in [7, 11) is 0. The summed E-state index contributed by atoms with van der Waals surface area (Å²) in [5.41, 5.74) is 2.36. The molecule has 0 bridgehead atoms. The van der Waals surface area contributed by atoms with Crippen LogP contribution in [0.5, 0.6) is 0 Å². The number of nitrogens with zero attached hydrogens (tertiary/aromatic N) is 1. The second-order valence-electron chi connectivity index (χ2n) is 2.85. The summed E-state index contributed by atoms with van der Waals surface area (Å²) in [6, 6.07) is 8.16. The zero-order chi connectivity index (χ0) is 9.10. The molecule has 0 saturated carbocycles. The van der Waals surface area contributed by atoms with E-state index in [2.05, 4.69) is 18.0 Å². The zero-order valence-electron chi connectivity index (χ0n) is 7.53. The van der Waals surface area contributed by atoms with Crippen LogP contribution in [0.2, 0.25) is 0 Å². The molecule has 0 unspecified atom stereocenters. The molecule has 1 aromatic heterocycles. The highest BCUT2D eigenvalue weighted by Gasteiger charge is 2.05. The molecule has 0 radical (unpaired) electrons. The Bertz CT molecular complexity index is 379. The zero-order valence-corrected chi connectivity index (χ0v) is 7.53. The minimum absolute atomic E-state index is 0.706. The third-order valence-electron chi connectivity index (χ3n) is 2.06. The summed E-state index contributed by atoms with van der Waals surface area (Å²) >= 11 is 0. The van der Waals surface area contributed by atoms with Crippen molar-refractivity contribution in [3.8, 4) is 11.5 Å². The van der Waals surface area contributed by atoms with Crippen molar-refractivity contribution in [2.45, 2.75) is 13.3 Å². The Kier molecular flexibility index (Phi) is 2.13. The maximum absolute atomic E-state index is 5.25. The van der Waals surface area contributed by atoms with Gasteiger partial charge in [-0.1, -0.05) is 25.1 Å². The van der Waals surface area contributed by atoms with Gasteiger partial charge < -0.3 is 4.42 Å². The molecular formula is C11H11NO. The van der Waals surface area contributed by atoms with Crippen LogP contribution in [0, 0.1) is 0 Å². The second kappa shape index (κ2) is 3.44. The van der Waals surface area contributed by atoms with Gasteiger partial charge in [-0.15, -0.1) is 0 Å². The minimum Gasteiger partial charge on any atom is -0.445 e. The van der Waals surface area contributed by atoms with Crippen molar-refractivity contribution in [1.29, 1.82) is 0 Å². The number of hydrogen-bond donors (Lipinski definition) is 0. The van der Waals surface area contributed by atoms with Crippen LogP contribution in [-0.2, 0) is 6.42 Å². The third-order valence-corrected chi connectivity index (χ3v) is 2.06. The minimum atomic E-state index is 0.706. The van der Waals surface area contributed by atoms with Crippen LogP contribution in [0.4, 0.5) is 0 Å². The maximum atomic E-state index is 5.25. The SMILES string of the molecule is CCc1ccccc1-c1ncco1. The Balaban J connectivity index is 2.51. The molecule has 0 atom stereocenters. The summed E-state index contributed by atoms with van der Waals surface area (Å²) in [6.45, 7) is 2.13. The van der Waals surface area contributed by atoms with Crippen molar-refractivity contribution in [2.24, 2.45) is 0 Å². The van der Waals surface area contributed by atoms with E-state index in [4.69, 9.17) is 4.42 Å². The van der Waals surface area contributed by atoms with E-state index >= 15 is 0 Å². The van der Waals surface area contributed by atoms with Crippen molar-refractivity contribution >= 4 is 0 Å². The predicted octanol–water partition coefficient (Wildman–Crippen LogP) is 2.90. The number of aromatic nitrogens is 1. The maximum Gasteiger partial charge on any atom is 0.226 e. The van der Waals surface area contributed by atoms with Crippen molar-refractivity contribution in [3.05, 3.63) is 42.3 Å². The van der Waals surface area contributed by atoms with Crippen LogP contribution in [0.1, 0.15) is 12.5 Å². The standard InChI is InChI=1S/C11H11NO/c1-2-9-5-3-4-6-10(9)11-12-7-8-13-11/h3-8H,2H2,1H3. The summed E-state index contributed by atoms with van der Waals surface area (Å²) in [6.07, 6.45) is 4.27. The van der Waals surface area contributed by atoms with Gasteiger partial charge in [-0.25, -0.2) is 4.98 Å². The Morgan fingerprint density at radius 2 is 2.15 bits per heavy atom. The number of hydrogen-bond acceptors (Lipinski definition) is 2. The lowest BCUT2D eigenvalue weighted by Crippen LogP contribution is -1.86. The molecule has 0 amide bonds. The summed E-state index contributed by atoms with van der Waals surface area (Å²) in [4.78, 5) is 4.13. The fraction of sp³-hybridized carbons (Fsp3) is 0.182. The highest BCUT2D eigenvalue weighted by molar-refractivity contribution is 5.58. The first kappa shape index (κ1) is 8.05. The smallest absolute Gasteiger partial charge is 0.226 e. The van der Waals surface area contributed by atoms with Gasteiger partial charge in [0.2, 0.25) is 5.89 Å². The summed E-state index contributed by atoms with van der Waals surface area (Å²) < 4.78 is 5.25. The van der Waals surface area contributed by atoms with E-state index < -0.39 is 0 Å². The molecule has 2 aromatic rings. The molecule has 1 aromatic carbocycles. The number of oxazole rings is 1. The van der Waals surface area contributed by atoms with Crippen molar-refractivity contribution in [1.82, 2.24) is 4.98 Å². The largest absolute Gasteiger partial charge is 0.445 e. The lowest BCUT2D eigenvalue weighted by Gasteiger charge is -2.01. The van der Waals surface area contributed by atoms with E-state index in [0.717, 1.165) is 12.0 Å². The molecule has 0 aliphatic heterocycles. The number of rotatable bonds is 2. The Morgan fingerprint density at radius 3 is 2.85 bits per heavy atom. The molecule has 66 valence electrons. The second-order valence-corrected chi connectivity index (χ2v) is 2.85. The van der Waals surface area contributed by atoms with Gasteiger partial charge in [0.05, 0.1) is 6.20 Å². The van der Waals surface area contributed by atoms with E-state index in [9.17, 15) is 0 Å². The molecule has 0 aliphatic carbocycles. The van der Waals surface area contributed by atoms with E-state index in [1.165, 1.54) is 5.56 Å². The monoisotopic (exact) mass is 173 g/mol. The van der Waals surface area contributed by atoms with E-state index in [-0.39, 0.29) is 0 Å². The molecule has 0 N–H and O–H groups in total. The Morgan fingerprint density at radius 1 is 1.31 bits per heavy atom. The first-order valence-corrected chi connectivity index (χ1v) is 4.39. The molecule has 0 aliphatic rings. The number of aryl methyl sites for hydroxylation is 1. The Labute approximate surface area is 77.2 Å². The van der Waals surface area contributed by atoms with Crippen LogP contribution in [-0.4, -0.2) is 4.98 Å². The average molecular weight is 173 g/mol. The first-order valence-electron chi connectivity index (χ1n) is 4.39. The van der Waals surface area contributed by atoms with Crippen LogP contribution in [0.25, 0.3) is 11.5 Å². The van der Waals surface area contributed by atoms with E-state index in [1.54, 1.807) is 12.5 Å². The molecule has 0 fully saturated rings. The summed E-state index contributed by atoms with van der Waals surface area (Å²) in [5, 5.41) is 0. The first-order chi connectivity index (χ1) is 6.42. The van der Waals surface area contributed by atoms with Crippen LogP contribution in [0.3, 0.4) is 0 Å². The van der Waals surface area contributed by atoms with Crippen LogP contribution >= 0.6 is 0 Å². The van der Waals surface area contributed by atoms with Crippen LogP contribution in [0.15, 0.2) is 41.1 Å². The fourth-order valence-corrected chi connectivity index (χ4v) is 1.39. The number of benzene rings is 1. The van der Waals surface area contributed by atoms with Gasteiger partial charge in [0.25, 0.3) is 0 Å². The molecule has 1 heterocycles. The molecule has 2 rings (SSSR count). The third kappa shape index (κ3) is 1.47.